The normalized spacial score (nSPS) is 26.4. The topological polar surface area (TPSA) is 39.3 Å². The van der Waals surface area contributed by atoms with Crippen molar-refractivity contribution in [2.75, 3.05) is 26.7 Å². The van der Waals surface area contributed by atoms with Gasteiger partial charge in [0.25, 0.3) is 0 Å². The van der Waals surface area contributed by atoms with Gasteiger partial charge in [-0.3, -0.25) is 9.69 Å². The molecule has 2 aromatic rings. The van der Waals surface area contributed by atoms with Crippen LogP contribution in [0.5, 0.6) is 0 Å². The molecule has 0 bridgehead atoms. The van der Waals surface area contributed by atoms with Crippen molar-refractivity contribution in [3.05, 3.63) is 36.0 Å². The molecule has 3 heterocycles. The number of nitrogens with one attached hydrogen (secondary N) is 1. The Morgan fingerprint density at radius 1 is 1.23 bits per heavy atom. The van der Waals surface area contributed by atoms with E-state index in [1.54, 1.807) is 0 Å². The quantitative estimate of drug-likeness (QED) is 0.925. The van der Waals surface area contributed by atoms with Crippen LogP contribution in [0.4, 0.5) is 0 Å². The zero-order valence-electron chi connectivity index (χ0n) is 13.1. The minimum atomic E-state index is -0.106. The summed E-state index contributed by atoms with van der Waals surface area (Å²) in [6.07, 6.45) is 5.20. The third-order valence-corrected chi connectivity index (χ3v) is 5.41. The lowest BCUT2D eigenvalue weighted by atomic mass is 9.78. The Hall–Kier alpha value is -1.81. The fourth-order valence-electron chi connectivity index (χ4n) is 4.20. The molecule has 2 aliphatic rings. The average molecular weight is 297 g/mol. The van der Waals surface area contributed by atoms with Crippen LogP contribution in [-0.2, 0) is 11.3 Å². The van der Waals surface area contributed by atoms with E-state index in [1.807, 2.05) is 18.1 Å². The van der Waals surface area contributed by atoms with Crippen LogP contribution in [0, 0.1) is 5.41 Å². The Morgan fingerprint density at radius 2 is 2.14 bits per heavy atom. The van der Waals surface area contributed by atoms with Crippen molar-refractivity contribution in [1.82, 2.24) is 14.8 Å². The van der Waals surface area contributed by atoms with Gasteiger partial charge in [-0.1, -0.05) is 6.07 Å². The number of piperidine rings is 1. The number of aromatic amines is 1. The molecule has 4 nitrogen and oxygen atoms in total. The molecule has 22 heavy (non-hydrogen) atoms. The summed E-state index contributed by atoms with van der Waals surface area (Å²) in [4.78, 5) is 20.2. The summed E-state index contributed by atoms with van der Waals surface area (Å²) in [5.41, 5.74) is 2.41. The Labute approximate surface area is 131 Å². The van der Waals surface area contributed by atoms with Gasteiger partial charge in [0.2, 0.25) is 5.91 Å². The number of fused-ring (bicyclic) bond motifs is 1. The van der Waals surface area contributed by atoms with Gasteiger partial charge in [0, 0.05) is 38.4 Å². The van der Waals surface area contributed by atoms with E-state index in [0.29, 0.717) is 5.91 Å². The van der Waals surface area contributed by atoms with Gasteiger partial charge in [0.15, 0.2) is 0 Å². The Balaban J connectivity index is 1.49. The van der Waals surface area contributed by atoms with Crippen molar-refractivity contribution < 1.29 is 4.79 Å². The average Bonchev–Trinajstić information content (AvgIpc) is 3.12. The zero-order valence-corrected chi connectivity index (χ0v) is 13.1. The van der Waals surface area contributed by atoms with Crippen molar-refractivity contribution in [2.24, 2.45) is 5.41 Å². The Morgan fingerprint density at radius 3 is 3.05 bits per heavy atom. The predicted octanol–water partition coefficient (Wildman–Crippen LogP) is 2.61. The number of hydrogen-bond acceptors (Lipinski definition) is 2. The van der Waals surface area contributed by atoms with E-state index in [-0.39, 0.29) is 5.41 Å². The molecule has 1 N–H and O–H groups in total. The fraction of sp³-hybridized carbons (Fsp3) is 0.500. The van der Waals surface area contributed by atoms with E-state index in [4.69, 9.17) is 0 Å². The maximum absolute atomic E-state index is 12.6. The molecule has 116 valence electrons. The first-order chi connectivity index (χ1) is 10.7. The number of hydrogen-bond donors (Lipinski definition) is 1. The molecule has 0 radical (unpaired) electrons. The molecule has 4 heteroatoms. The summed E-state index contributed by atoms with van der Waals surface area (Å²) < 4.78 is 0. The van der Waals surface area contributed by atoms with Gasteiger partial charge in [-0.2, -0.15) is 0 Å². The number of aromatic nitrogens is 1. The SMILES string of the molecule is CN1CCCC2(CCN(Cc3ccc4[nH]ccc4c3)C2)C1=O. The summed E-state index contributed by atoms with van der Waals surface area (Å²) in [6, 6.07) is 8.71. The van der Waals surface area contributed by atoms with E-state index >= 15 is 0 Å². The maximum Gasteiger partial charge on any atom is 0.229 e. The summed E-state index contributed by atoms with van der Waals surface area (Å²) in [5.74, 6) is 0.363. The minimum absolute atomic E-state index is 0.106. The summed E-state index contributed by atoms with van der Waals surface area (Å²) >= 11 is 0. The largest absolute Gasteiger partial charge is 0.361 e. The first kappa shape index (κ1) is 13.8. The highest BCUT2D eigenvalue weighted by Gasteiger charge is 2.47. The van der Waals surface area contributed by atoms with E-state index in [2.05, 4.69) is 34.1 Å². The lowest BCUT2D eigenvalue weighted by molar-refractivity contribution is -0.143. The van der Waals surface area contributed by atoms with Gasteiger partial charge in [-0.25, -0.2) is 0 Å². The van der Waals surface area contributed by atoms with Gasteiger partial charge in [-0.15, -0.1) is 0 Å². The molecule has 0 aliphatic carbocycles. The minimum Gasteiger partial charge on any atom is -0.361 e. The molecule has 1 spiro atoms. The van der Waals surface area contributed by atoms with Crippen molar-refractivity contribution in [2.45, 2.75) is 25.8 Å². The smallest absolute Gasteiger partial charge is 0.229 e. The fourth-order valence-corrected chi connectivity index (χ4v) is 4.20. The molecule has 1 amide bonds. The van der Waals surface area contributed by atoms with Crippen molar-refractivity contribution in [3.8, 4) is 0 Å². The van der Waals surface area contributed by atoms with Crippen molar-refractivity contribution in [3.63, 3.8) is 0 Å². The highest BCUT2D eigenvalue weighted by Crippen LogP contribution is 2.40. The standard InChI is InChI=1S/C18H23N3O/c1-20-9-2-6-18(17(20)22)7-10-21(13-18)12-14-3-4-16-15(11-14)5-8-19-16/h3-5,8,11,19H,2,6-7,9-10,12-13H2,1H3. The molecule has 1 atom stereocenters. The molecule has 0 saturated carbocycles. The predicted molar refractivity (Wildman–Crippen MR) is 87.5 cm³/mol. The molecule has 1 unspecified atom stereocenters. The second-order valence-electron chi connectivity index (χ2n) is 6.97. The van der Waals surface area contributed by atoms with Gasteiger partial charge in [-0.05, 0) is 55.0 Å². The molecular formula is C18H23N3O. The number of carbonyl (C=O) groups excluding carboxylic acids is 1. The van der Waals surface area contributed by atoms with Crippen LogP contribution in [-0.4, -0.2) is 47.4 Å². The van der Waals surface area contributed by atoms with Crippen LogP contribution in [0.2, 0.25) is 0 Å². The number of carbonyl (C=O) groups is 1. The second-order valence-corrected chi connectivity index (χ2v) is 6.97. The van der Waals surface area contributed by atoms with Crippen molar-refractivity contribution >= 4 is 16.8 Å². The van der Waals surface area contributed by atoms with E-state index < -0.39 is 0 Å². The van der Waals surface area contributed by atoms with Gasteiger partial charge in [0.05, 0.1) is 5.41 Å². The van der Waals surface area contributed by atoms with E-state index in [0.717, 1.165) is 45.4 Å². The number of nitrogens with zero attached hydrogens (tertiary/aromatic N) is 2. The summed E-state index contributed by atoms with van der Waals surface area (Å²) in [7, 11) is 1.95. The highest BCUT2D eigenvalue weighted by atomic mass is 16.2. The first-order valence-corrected chi connectivity index (χ1v) is 8.20. The molecule has 2 aliphatic heterocycles. The van der Waals surface area contributed by atoms with E-state index in [1.165, 1.54) is 16.5 Å². The highest BCUT2D eigenvalue weighted by molar-refractivity contribution is 5.84. The van der Waals surface area contributed by atoms with Crippen molar-refractivity contribution in [1.29, 1.82) is 0 Å². The van der Waals surface area contributed by atoms with E-state index in [9.17, 15) is 4.79 Å². The molecule has 2 saturated heterocycles. The molecule has 4 rings (SSSR count). The zero-order chi connectivity index (χ0) is 15.2. The van der Waals surface area contributed by atoms with Crippen LogP contribution >= 0.6 is 0 Å². The van der Waals surface area contributed by atoms with Crippen LogP contribution < -0.4 is 0 Å². The number of H-pyrrole nitrogens is 1. The monoisotopic (exact) mass is 297 g/mol. The number of benzene rings is 1. The third-order valence-electron chi connectivity index (χ3n) is 5.41. The lowest BCUT2D eigenvalue weighted by Crippen LogP contribution is -2.48. The number of rotatable bonds is 2. The van der Waals surface area contributed by atoms with Gasteiger partial charge in [0.1, 0.15) is 0 Å². The van der Waals surface area contributed by atoms with Crippen LogP contribution in [0.1, 0.15) is 24.8 Å². The molecule has 1 aromatic heterocycles. The Kier molecular flexibility index (Phi) is 3.22. The van der Waals surface area contributed by atoms with Gasteiger partial charge < -0.3 is 9.88 Å². The van der Waals surface area contributed by atoms with Crippen LogP contribution in [0.3, 0.4) is 0 Å². The summed E-state index contributed by atoms with van der Waals surface area (Å²) in [5, 5.41) is 1.26. The number of likely N-dealkylation sites (tertiary alicyclic amines) is 2. The molecule has 2 fully saturated rings. The third kappa shape index (κ3) is 2.22. The van der Waals surface area contributed by atoms with Crippen LogP contribution in [0.15, 0.2) is 30.5 Å². The first-order valence-electron chi connectivity index (χ1n) is 8.20. The molecular weight excluding hydrogens is 274 g/mol. The molecule has 1 aromatic carbocycles. The number of amides is 1. The lowest BCUT2D eigenvalue weighted by Gasteiger charge is -2.37. The summed E-state index contributed by atoms with van der Waals surface area (Å²) in [6.45, 7) is 3.82. The maximum atomic E-state index is 12.6. The van der Waals surface area contributed by atoms with Crippen LogP contribution in [0.25, 0.3) is 10.9 Å². The van der Waals surface area contributed by atoms with Gasteiger partial charge >= 0.3 is 0 Å². The second kappa shape index (κ2) is 5.13. The Bertz CT molecular complexity index is 707.